The number of carbonyl (C=O) groups is 2. The summed E-state index contributed by atoms with van der Waals surface area (Å²) in [7, 11) is 3.12. The normalized spacial score (nSPS) is 13.5. The molecule has 3 aromatic rings. The molecule has 0 saturated carbocycles. The number of piperidine rings is 1. The molecule has 194 valence electrons. The van der Waals surface area contributed by atoms with Gasteiger partial charge in [-0.2, -0.15) is 0 Å². The van der Waals surface area contributed by atoms with E-state index in [4.69, 9.17) is 15.2 Å². The number of aromatic nitrogens is 2. The number of hydrogen-bond acceptors (Lipinski definition) is 8. The van der Waals surface area contributed by atoms with Crippen molar-refractivity contribution in [2.24, 2.45) is 0 Å². The zero-order valence-electron chi connectivity index (χ0n) is 21.1. The van der Waals surface area contributed by atoms with E-state index in [2.05, 4.69) is 25.9 Å². The van der Waals surface area contributed by atoms with Crippen molar-refractivity contribution in [1.29, 1.82) is 0 Å². The summed E-state index contributed by atoms with van der Waals surface area (Å²) in [5.41, 5.74) is 9.24. The maximum Gasteiger partial charge on any atom is 0.319 e. The molecule has 1 fully saturated rings. The van der Waals surface area contributed by atoms with E-state index in [0.29, 0.717) is 66.1 Å². The maximum atomic E-state index is 12.6. The minimum Gasteiger partial charge on any atom is -0.497 e. The standard InChI is InChI=1S/C26H31N7O4/c1-16(34)33-10-7-18(8-11-33)30-26(35)31-20-13-19(14-21(15-20)36-2)29-25-28-9-6-23(32-25)17-4-5-24(37-3)22(27)12-17/h4-6,9,12-15,18H,7-8,10-11,27H2,1-3H3,(H,28,29,32)(H2,30,31,35). The Hall–Kier alpha value is -4.54. The third-order valence-electron chi connectivity index (χ3n) is 6.11. The molecule has 37 heavy (non-hydrogen) atoms. The lowest BCUT2D eigenvalue weighted by Crippen LogP contribution is -2.47. The van der Waals surface area contributed by atoms with Gasteiger partial charge in [0.15, 0.2) is 0 Å². The molecule has 2 aromatic carbocycles. The Morgan fingerprint density at radius 1 is 1.03 bits per heavy atom. The van der Waals surface area contributed by atoms with Crippen molar-refractivity contribution in [1.82, 2.24) is 20.2 Å². The number of rotatable bonds is 7. The molecule has 11 nitrogen and oxygen atoms in total. The fourth-order valence-electron chi connectivity index (χ4n) is 4.16. The van der Waals surface area contributed by atoms with Gasteiger partial charge in [-0.15, -0.1) is 0 Å². The highest BCUT2D eigenvalue weighted by Gasteiger charge is 2.22. The molecule has 3 amide bonds. The van der Waals surface area contributed by atoms with E-state index in [0.717, 1.165) is 5.56 Å². The van der Waals surface area contributed by atoms with Crippen molar-refractivity contribution in [2.45, 2.75) is 25.8 Å². The number of urea groups is 1. The van der Waals surface area contributed by atoms with Crippen molar-refractivity contribution < 1.29 is 19.1 Å². The van der Waals surface area contributed by atoms with Crippen LogP contribution in [0.5, 0.6) is 11.5 Å². The third kappa shape index (κ3) is 6.57. The van der Waals surface area contributed by atoms with Crippen LogP contribution in [0.1, 0.15) is 19.8 Å². The molecule has 5 N–H and O–H groups in total. The van der Waals surface area contributed by atoms with E-state index in [-0.39, 0.29) is 18.0 Å². The second-order valence-electron chi connectivity index (χ2n) is 8.68. The van der Waals surface area contributed by atoms with Gasteiger partial charge in [-0.25, -0.2) is 14.8 Å². The number of benzene rings is 2. The molecule has 0 radical (unpaired) electrons. The monoisotopic (exact) mass is 505 g/mol. The first kappa shape index (κ1) is 25.5. The van der Waals surface area contributed by atoms with Crippen LogP contribution in [0, 0.1) is 0 Å². The number of likely N-dealkylation sites (tertiary alicyclic amines) is 1. The lowest BCUT2D eigenvalue weighted by molar-refractivity contribution is -0.129. The number of methoxy groups -OCH3 is 2. The molecule has 0 atom stereocenters. The van der Waals surface area contributed by atoms with Crippen LogP contribution < -0.4 is 31.2 Å². The van der Waals surface area contributed by atoms with Crippen LogP contribution in [0.4, 0.5) is 27.8 Å². The first-order valence-corrected chi connectivity index (χ1v) is 11.9. The SMILES string of the molecule is COc1cc(NC(=O)NC2CCN(C(C)=O)CC2)cc(Nc2nccc(-c3ccc(OC)c(N)c3)n2)c1. The van der Waals surface area contributed by atoms with E-state index >= 15 is 0 Å². The number of nitrogens with zero attached hydrogens (tertiary/aromatic N) is 3. The van der Waals surface area contributed by atoms with Crippen molar-refractivity contribution in [3.05, 3.63) is 48.7 Å². The van der Waals surface area contributed by atoms with Gasteiger partial charge < -0.3 is 36.1 Å². The molecule has 2 heterocycles. The summed E-state index contributed by atoms with van der Waals surface area (Å²) in [5.74, 6) is 1.57. The van der Waals surface area contributed by atoms with E-state index in [9.17, 15) is 9.59 Å². The zero-order valence-corrected chi connectivity index (χ0v) is 21.1. The van der Waals surface area contributed by atoms with Crippen LogP contribution >= 0.6 is 0 Å². The lowest BCUT2D eigenvalue weighted by atomic mass is 10.1. The highest BCUT2D eigenvalue weighted by molar-refractivity contribution is 5.90. The first-order valence-electron chi connectivity index (χ1n) is 11.9. The summed E-state index contributed by atoms with van der Waals surface area (Å²) in [6.45, 7) is 2.83. The van der Waals surface area contributed by atoms with Gasteiger partial charge in [0.1, 0.15) is 11.5 Å². The van der Waals surface area contributed by atoms with Crippen LogP contribution in [-0.2, 0) is 4.79 Å². The molecule has 4 rings (SSSR count). The zero-order chi connectivity index (χ0) is 26.4. The number of ether oxygens (including phenoxy) is 2. The molecule has 0 bridgehead atoms. The van der Waals surface area contributed by atoms with E-state index in [1.54, 1.807) is 68.6 Å². The minimum atomic E-state index is -0.323. The van der Waals surface area contributed by atoms with Crippen LogP contribution in [0.15, 0.2) is 48.7 Å². The van der Waals surface area contributed by atoms with Crippen LogP contribution in [-0.4, -0.2) is 60.2 Å². The summed E-state index contributed by atoms with van der Waals surface area (Å²) < 4.78 is 10.6. The molecule has 0 spiro atoms. The van der Waals surface area contributed by atoms with Gasteiger partial charge in [-0.05, 0) is 43.2 Å². The molecule has 1 saturated heterocycles. The van der Waals surface area contributed by atoms with Gasteiger partial charge in [0.25, 0.3) is 0 Å². The summed E-state index contributed by atoms with van der Waals surface area (Å²) in [4.78, 5) is 34.8. The second-order valence-corrected chi connectivity index (χ2v) is 8.68. The number of anilines is 4. The van der Waals surface area contributed by atoms with Gasteiger partial charge in [-0.3, -0.25) is 4.79 Å². The molecular weight excluding hydrogens is 474 g/mol. The number of nitrogen functional groups attached to an aromatic ring is 1. The Morgan fingerprint density at radius 2 is 1.78 bits per heavy atom. The number of hydrogen-bond donors (Lipinski definition) is 4. The smallest absolute Gasteiger partial charge is 0.319 e. The van der Waals surface area contributed by atoms with Crippen LogP contribution in [0.2, 0.25) is 0 Å². The summed E-state index contributed by atoms with van der Waals surface area (Å²) in [5, 5.41) is 9.01. The van der Waals surface area contributed by atoms with Crippen LogP contribution in [0.3, 0.4) is 0 Å². The summed E-state index contributed by atoms with van der Waals surface area (Å²) >= 11 is 0. The number of amides is 3. The third-order valence-corrected chi connectivity index (χ3v) is 6.11. The average molecular weight is 506 g/mol. The largest absolute Gasteiger partial charge is 0.497 e. The quantitative estimate of drug-likeness (QED) is 0.357. The lowest BCUT2D eigenvalue weighted by Gasteiger charge is -2.31. The first-order chi connectivity index (χ1) is 17.8. The van der Waals surface area contributed by atoms with Crippen molar-refractivity contribution in [3.8, 4) is 22.8 Å². The Morgan fingerprint density at radius 3 is 2.46 bits per heavy atom. The predicted octanol–water partition coefficient (Wildman–Crippen LogP) is 3.62. The Labute approximate surface area is 215 Å². The number of carbonyl (C=O) groups excluding carboxylic acids is 2. The topological polar surface area (TPSA) is 144 Å². The fraction of sp³-hybridized carbons (Fsp3) is 0.308. The Balaban J connectivity index is 1.44. The molecule has 0 aliphatic carbocycles. The van der Waals surface area contributed by atoms with E-state index < -0.39 is 0 Å². The van der Waals surface area contributed by atoms with Gasteiger partial charge in [-0.1, -0.05) is 0 Å². The molecule has 11 heteroatoms. The second kappa shape index (κ2) is 11.5. The minimum absolute atomic E-state index is 0.00179. The summed E-state index contributed by atoms with van der Waals surface area (Å²) in [6, 6.07) is 12.2. The molecule has 0 unspecified atom stereocenters. The predicted molar refractivity (Wildman–Crippen MR) is 142 cm³/mol. The molecule has 1 aromatic heterocycles. The highest BCUT2D eigenvalue weighted by atomic mass is 16.5. The molecule has 1 aliphatic heterocycles. The molecular formula is C26H31N7O4. The molecule has 1 aliphatic rings. The van der Waals surface area contributed by atoms with Crippen molar-refractivity contribution >= 4 is 34.9 Å². The maximum absolute atomic E-state index is 12.6. The van der Waals surface area contributed by atoms with Gasteiger partial charge in [0.05, 0.1) is 25.6 Å². The Bertz CT molecular complexity index is 1280. The highest BCUT2D eigenvalue weighted by Crippen LogP contribution is 2.29. The number of nitrogens with one attached hydrogen (secondary N) is 3. The van der Waals surface area contributed by atoms with E-state index in [1.165, 1.54) is 0 Å². The Kier molecular flexibility index (Phi) is 7.92. The van der Waals surface area contributed by atoms with Crippen molar-refractivity contribution in [2.75, 3.05) is 43.7 Å². The fourth-order valence-corrected chi connectivity index (χ4v) is 4.16. The summed E-state index contributed by atoms with van der Waals surface area (Å²) in [6.07, 6.45) is 3.08. The van der Waals surface area contributed by atoms with Crippen molar-refractivity contribution in [3.63, 3.8) is 0 Å². The van der Waals surface area contributed by atoms with E-state index in [1.807, 2.05) is 6.07 Å². The van der Waals surface area contributed by atoms with Gasteiger partial charge in [0.2, 0.25) is 11.9 Å². The number of nitrogens with two attached hydrogens (primary N) is 1. The average Bonchev–Trinajstić information content (AvgIpc) is 2.88. The van der Waals surface area contributed by atoms with Gasteiger partial charge >= 0.3 is 6.03 Å². The van der Waals surface area contributed by atoms with Gasteiger partial charge in [0, 0.05) is 61.3 Å². The van der Waals surface area contributed by atoms with Crippen LogP contribution in [0.25, 0.3) is 11.3 Å².